The largest absolute Gasteiger partial charge is 0.353 e. The first-order valence-electron chi connectivity index (χ1n) is 6.73. The zero-order valence-electron chi connectivity index (χ0n) is 10.9. The molecular formula is C14H25NO. The Balaban J connectivity index is 1.58. The van der Waals surface area contributed by atoms with E-state index in [4.69, 9.17) is 0 Å². The molecule has 0 spiro atoms. The maximum absolute atomic E-state index is 11.7. The molecule has 0 bridgehead atoms. The minimum atomic E-state index is 0.258. The average Bonchev–Trinajstić information content (AvgIpc) is 2.89. The van der Waals surface area contributed by atoms with Gasteiger partial charge in [-0.2, -0.15) is 0 Å². The van der Waals surface area contributed by atoms with Gasteiger partial charge < -0.3 is 5.32 Å². The highest BCUT2D eigenvalue weighted by atomic mass is 16.1. The molecule has 0 aromatic heterocycles. The molecule has 1 amide bonds. The van der Waals surface area contributed by atoms with E-state index in [-0.39, 0.29) is 11.3 Å². The quantitative estimate of drug-likeness (QED) is 0.779. The van der Waals surface area contributed by atoms with E-state index in [1.807, 2.05) is 0 Å². The van der Waals surface area contributed by atoms with Crippen LogP contribution in [0, 0.1) is 17.3 Å². The van der Waals surface area contributed by atoms with Gasteiger partial charge >= 0.3 is 0 Å². The van der Waals surface area contributed by atoms with Crippen molar-refractivity contribution >= 4 is 5.91 Å². The highest BCUT2D eigenvalue weighted by Crippen LogP contribution is 2.46. The molecule has 0 atom stereocenters. The summed E-state index contributed by atoms with van der Waals surface area (Å²) >= 11 is 0. The van der Waals surface area contributed by atoms with E-state index in [9.17, 15) is 4.79 Å². The number of hydrogen-bond acceptors (Lipinski definition) is 1. The Morgan fingerprint density at radius 3 is 2.31 bits per heavy atom. The topological polar surface area (TPSA) is 29.1 Å². The Kier molecular flexibility index (Phi) is 3.27. The van der Waals surface area contributed by atoms with Gasteiger partial charge in [0.1, 0.15) is 0 Å². The van der Waals surface area contributed by atoms with Crippen molar-refractivity contribution in [3.63, 3.8) is 0 Å². The Morgan fingerprint density at radius 2 is 1.81 bits per heavy atom. The van der Waals surface area contributed by atoms with Crippen LogP contribution in [0.3, 0.4) is 0 Å². The van der Waals surface area contributed by atoms with Gasteiger partial charge in [0.25, 0.3) is 0 Å². The molecule has 2 heteroatoms. The molecule has 1 N–H and O–H groups in total. The van der Waals surface area contributed by atoms with Gasteiger partial charge in [0, 0.05) is 12.5 Å². The van der Waals surface area contributed by atoms with Crippen LogP contribution in [0.1, 0.15) is 59.3 Å². The van der Waals surface area contributed by atoms with Crippen LogP contribution in [0.4, 0.5) is 0 Å². The molecule has 0 aromatic rings. The first kappa shape index (κ1) is 11.9. The van der Waals surface area contributed by atoms with Crippen molar-refractivity contribution in [3.05, 3.63) is 0 Å². The number of amides is 1. The second-order valence-electron chi connectivity index (χ2n) is 6.89. The highest BCUT2D eigenvalue weighted by molar-refractivity contribution is 5.76. The van der Waals surface area contributed by atoms with Crippen molar-refractivity contribution < 1.29 is 4.79 Å². The number of rotatable bonds is 4. The fraction of sp³-hybridized carbons (Fsp3) is 0.929. The van der Waals surface area contributed by atoms with E-state index in [1.165, 1.54) is 25.7 Å². The SMILES string of the molecule is CC(C)(C)CCC(=O)NC1CC(C2CC2)C1. The highest BCUT2D eigenvalue weighted by Gasteiger charge is 2.40. The Morgan fingerprint density at radius 1 is 1.19 bits per heavy atom. The maximum atomic E-state index is 11.7. The van der Waals surface area contributed by atoms with Crippen LogP contribution >= 0.6 is 0 Å². The predicted octanol–water partition coefficient (Wildman–Crippen LogP) is 3.12. The van der Waals surface area contributed by atoms with E-state index in [1.54, 1.807) is 0 Å². The molecule has 0 radical (unpaired) electrons. The van der Waals surface area contributed by atoms with Gasteiger partial charge in [-0.25, -0.2) is 0 Å². The zero-order valence-corrected chi connectivity index (χ0v) is 10.9. The van der Waals surface area contributed by atoms with E-state index < -0.39 is 0 Å². The van der Waals surface area contributed by atoms with Crippen LogP contribution in [0.5, 0.6) is 0 Å². The van der Waals surface area contributed by atoms with Crippen molar-refractivity contribution in [1.29, 1.82) is 0 Å². The summed E-state index contributed by atoms with van der Waals surface area (Å²) in [5.74, 6) is 2.21. The molecule has 0 aromatic carbocycles. The molecule has 2 rings (SSSR count). The summed E-state index contributed by atoms with van der Waals surface area (Å²) in [4.78, 5) is 11.7. The molecule has 0 saturated heterocycles. The molecule has 0 unspecified atom stereocenters. The van der Waals surface area contributed by atoms with Crippen molar-refractivity contribution in [2.45, 2.75) is 65.3 Å². The van der Waals surface area contributed by atoms with E-state index >= 15 is 0 Å². The lowest BCUT2D eigenvalue weighted by molar-refractivity contribution is -0.123. The monoisotopic (exact) mass is 223 g/mol. The Hall–Kier alpha value is -0.530. The van der Waals surface area contributed by atoms with Gasteiger partial charge in [0.05, 0.1) is 0 Å². The van der Waals surface area contributed by atoms with Gasteiger partial charge in [-0.15, -0.1) is 0 Å². The molecule has 2 fully saturated rings. The summed E-state index contributed by atoms with van der Waals surface area (Å²) in [6, 6.07) is 0.498. The van der Waals surface area contributed by atoms with Gasteiger partial charge in [-0.05, 0) is 49.4 Å². The molecule has 2 nitrogen and oxygen atoms in total. The lowest BCUT2D eigenvalue weighted by atomic mass is 9.77. The lowest BCUT2D eigenvalue weighted by Crippen LogP contribution is -2.45. The second kappa shape index (κ2) is 4.38. The van der Waals surface area contributed by atoms with Crippen LogP contribution in [0.2, 0.25) is 0 Å². The van der Waals surface area contributed by atoms with Crippen LogP contribution in [0.25, 0.3) is 0 Å². The number of carbonyl (C=O) groups excluding carboxylic acids is 1. The van der Waals surface area contributed by atoms with Crippen molar-refractivity contribution in [2.24, 2.45) is 17.3 Å². The summed E-state index contributed by atoms with van der Waals surface area (Å²) in [6.07, 6.45) is 7.04. The van der Waals surface area contributed by atoms with Gasteiger partial charge in [0.2, 0.25) is 5.91 Å². The fourth-order valence-electron chi connectivity index (χ4n) is 2.52. The van der Waals surface area contributed by atoms with Crippen LogP contribution < -0.4 is 5.32 Å². The summed E-state index contributed by atoms with van der Waals surface area (Å²) in [7, 11) is 0. The van der Waals surface area contributed by atoms with Gasteiger partial charge in [0.15, 0.2) is 0 Å². The third-order valence-electron chi connectivity index (χ3n) is 3.93. The van der Waals surface area contributed by atoms with Crippen LogP contribution in [0.15, 0.2) is 0 Å². The first-order valence-corrected chi connectivity index (χ1v) is 6.73. The fourth-order valence-corrected chi connectivity index (χ4v) is 2.52. The normalized spacial score (nSPS) is 29.7. The second-order valence-corrected chi connectivity index (χ2v) is 6.89. The van der Waals surface area contributed by atoms with Gasteiger partial charge in [-0.1, -0.05) is 20.8 Å². The summed E-state index contributed by atoms with van der Waals surface area (Å²) < 4.78 is 0. The molecule has 16 heavy (non-hydrogen) atoms. The van der Waals surface area contributed by atoms with Crippen LogP contribution in [-0.2, 0) is 4.79 Å². The van der Waals surface area contributed by atoms with E-state index in [0.717, 1.165) is 18.3 Å². The predicted molar refractivity (Wildman–Crippen MR) is 66.1 cm³/mol. The summed E-state index contributed by atoms with van der Waals surface area (Å²) in [5, 5.41) is 3.16. The third-order valence-corrected chi connectivity index (χ3v) is 3.93. The van der Waals surface area contributed by atoms with Crippen molar-refractivity contribution in [1.82, 2.24) is 5.32 Å². The van der Waals surface area contributed by atoms with Gasteiger partial charge in [-0.3, -0.25) is 4.79 Å². The molecule has 0 aliphatic heterocycles. The smallest absolute Gasteiger partial charge is 0.220 e. The number of carbonyl (C=O) groups is 1. The van der Waals surface area contributed by atoms with E-state index in [0.29, 0.717) is 12.5 Å². The Labute approximate surface area is 99.2 Å². The average molecular weight is 223 g/mol. The third kappa shape index (κ3) is 3.50. The Bertz CT molecular complexity index is 256. The van der Waals surface area contributed by atoms with E-state index in [2.05, 4.69) is 26.1 Å². The molecule has 2 saturated carbocycles. The van der Waals surface area contributed by atoms with Crippen molar-refractivity contribution in [2.75, 3.05) is 0 Å². The molecule has 0 heterocycles. The summed E-state index contributed by atoms with van der Waals surface area (Å²) in [5.41, 5.74) is 0.271. The van der Waals surface area contributed by atoms with Crippen molar-refractivity contribution in [3.8, 4) is 0 Å². The molecule has 2 aliphatic carbocycles. The number of hydrogen-bond donors (Lipinski definition) is 1. The molecular weight excluding hydrogens is 198 g/mol. The first-order chi connectivity index (χ1) is 7.44. The maximum Gasteiger partial charge on any atom is 0.220 e. The zero-order chi connectivity index (χ0) is 11.8. The number of nitrogens with one attached hydrogen (secondary N) is 1. The minimum absolute atomic E-state index is 0.258. The summed E-state index contributed by atoms with van der Waals surface area (Å²) in [6.45, 7) is 6.56. The minimum Gasteiger partial charge on any atom is -0.353 e. The van der Waals surface area contributed by atoms with Crippen LogP contribution in [-0.4, -0.2) is 11.9 Å². The molecule has 92 valence electrons. The standard InChI is InChI=1S/C14H25NO/c1-14(2,3)7-6-13(16)15-12-8-11(9-12)10-4-5-10/h10-12H,4-9H2,1-3H3,(H,15,16). The molecule has 2 aliphatic rings. The lowest BCUT2D eigenvalue weighted by Gasteiger charge is -2.36.